The number of hydrogen-bond acceptors (Lipinski definition) is 3. The lowest BCUT2D eigenvalue weighted by molar-refractivity contribution is 0.0950. The molecule has 1 heterocycles. The summed E-state index contributed by atoms with van der Waals surface area (Å²) in [6.07, 6.45) is 3.56. The molecular weight excluding hydrogens is 401 g/mol. The van der Waals surface area contributed by atoms with Gasteiger partial charge in [0, 0.05) is 41.6 Å². The van der Waals surface area contributed by atoms with Crippen LogP contribution in [-0.4, -0.2) is 15.5 Å². The summed E-state index contributed by atoms with van der Waals surface area (Å²) >= 11 is 3.29. The molecule has 0 aliphatic rings. The maximum Gasteiger partial charge on any atom is 0.251 e. The van der Waals surface area contributed by atoms with Gasteiger partial charge in [-0.2, -0.15) is 0 Å². The molecule has 7 heteroatoms. The average molecular weight is 418 g/mol. The second-order valence-corrected chi connectivity index (χ2v) is 6.60. The molecule has 0 bridgehead atoms. The molecule has 0 aliphatic heterocycles. The topological polar surface area (TPSA) is 56.2 Å². The molecule has 26 heavy (non-hydrogen) atoms. The summed E-state index contributed by atoms with van der Waals surface area (Å²) in [6, 6.07) is 11.4. The van der Waals surface area contributed by atoms with E-state index in [1.165, 1.54) is 6.07 Å². The van der Waals surface area contributed by atoms with E-state index in [1.54, 1.807) is 42.6 Å². The van der Waals surface area contributed by atoms with Gasteiger partial charge in [-0.1, -0.05) is 15.9 Å². The van der Waals surface area contributed by atoms with Gasteiger partial charge in [0.05, 0.1) is 0 Å². The highest BCUT2D eigenvalue weighted by atomic mass is 79.9. The molecule has 0 unspecified atom stereocenters. The van der Waals surface area contributed by atoms with Crippen molar-refractivity contribution in [2.75, 3.05) is 0 Å². The largest absolute Gasteiger partial charge is 0.486 e. The Hall–Kier alpha value is -2.67. The van der Waals surface area contributed by atoms with Crippen molar-refractivity contribution in [2.24, 2.45) is 7.05 Å². The lowest BCUT2D eigenvalue weighted by Crippen LogP contribution is -2.23. The van der Waals surface area contributed by atoms with Crippen LogP contribution < -0.4 is 10.1 Å². The van der Waals surface area contributed by atoms with Crippen molar-refractivity contribution < 1.29 is 13.9 Å². The number of ether oxygens (including phenoxy) is 1. The number of halogens is 2. The molecule has 0 atom stereocenters. The summed E-state index contributed by atoms with van der Waals surface area (Å²) in [6.45, 7) is 0.457. The minimum Gasteiger partial charge on any atom is -0.486 e. The van der Waals surface area contributed by atoms with Gasteiger partial charge in [0.2, 0.25) is 0 Å². The first-order valence-corrected chi connectivity index (χ1v) is 8.73. The Morgan fingerprint density at radius 2 is 2.04 bits per heavy atom. The Labute approximate surface area is 159 Å². The Morgan fingerprint density at radius 3 is 2.73 bits per heavy atom. The van der Waals surface area contributed by atoms with Gasteiger partial charge in [-0.05, 0) is 42.5 Å². The van der Waals surface area contributed by atoms with Crippen LogP contribution in [0.2, 0.25) is 0 Å². The molecule has 0 radical (unpaired) electrons. The Kier molecular flexibility index (Phi) is 5.68. The van der Waals surface area contributed by atoms with Crippen LogP contribution in [0.15, 0.2) is 59.3 Å². The number of carbonyl (C=O) groups excluding carboxylic acids is 1. The van der Waals surface area contributed by atoms with Gasteiger partial charge in [0.15, 0.2) is 0 Å². The van der Waals surface area contributed by atoms with Crippen molar-refractivity contribution >= 4 is 21.8 Å². The van der Waals surface area contributed by atoms with E-state index in [4.69, 9.17) is 4.74 Å². The number of nitrogens with zero attached hydrogens (tertiary/aromatic N) is 2. The molecule has 3 rings (SSSR count). The zero-order chi connectivity index (χ0) is 18.5. The average Bonchev–Trinajstić information content (AvgIpc) is 3.06. The number of benzene rings is 2. The predicted octanol–water partition coefficient (Wildman–Crippen LogP) is 3.83. The van der Waals surface area contributed by atoms with Gasteiger partial charge < -0.3 is 14.6 Å². The van der Waals surface area contributed by atoms with Crippen LogP contribution in [0.5, 0.6) is 5.75 Å². The second kappa shape index (κ2) is 8.14. The molecule has 0 saturated carbocycles. The third-order valence-corrected chi connectivity index (χ3v) is 4.35. The van der Waals surface area contributed by atoms with Crippen LogP contribution in [0, 0.1) is 5.82 Å². The van der Waals surface area contributed by atoms with Crippen molar-refractivity contribution in [1.29, 1.82) is 0 Å². The maximum atomic E-state index is 13.7. The van der Waals surface area contributed by atoms with Crippen molar-refractivity contribution in [2.45, 2.75) is 13.2 Å². The summed E-state index contributed by atoms with van der Waals surface area (Å²) in [5.41, 5.74) is 0.896. The van der Waals surface area contributed by atoms with E-state index < -0.39 is 0 Å². The van der Waals surface area contributed by atoms with E-state index in [-0.39, 0.29) is 18.3 Å². The van der Waals surface area contributed by atoms with Gasteiger partial charge in [-0.15, -0.1) is 0 Å². The van der Waals surface area contributed by atoms with Crippen LogP contribution in [0.3, 0.4) is 0 Å². The molecule has 2 aromatic carbocycles. The summed E-state index contributed by atoms with van der Waals surface area (Å²) in [5, 5.41) is 2.71. The minimum atomic E-state index is -0.355. The molecule has 0 saturated heterocycles. The molecule has 5 nitrogen and oxygen atoms in total. The zero-order valence-electron chi connectivity index (χ0n) is 14.1. The molecule has 3 aromatic rings. The van der Waals surface area contributed by atoms with Crippen LogP contribution in [-0.2, 0) is 20.2 Å². The number of hydrogen-bond donors (Lipinski definition) is 1. The number of nitrogens with one attached hydrogen (secondary N) is 1. The highest BCUT2D eigenvalue weighted by Gasteiger charge is 2.09. The summed E-state index contributed by atoms with van der Waals surface area (Å²) in [7, 11) is 1.90. The fourth-order valence-corrected chi connectivity index (χ4v) is 2.75. The first-order valence-electron chi connectivity index (χ1n) is 7.94. The molecule has 0 spiro atoms. The third kappa shape index (κ3) is 4.49. The van der Waals surface area contributed by atoms with Gasteiger partial charge in [0.25, 0.3) is 5.91 Å². The third-order valence-electron chi connectivity index (χ3n) is 3.85. The van der Waals surface area contributed by atoms with E-state index >= 15 is 0 Å². The number of rotatable bonds is 6. The summed E-state index contributed by atoms with van der Waals surface area (Å²) in [4.78, 5) is 16.4. The fraction of sp³-hybridized carbons (Fsp3) is 0.158. The van der Waals surface area contributed by atoms with Gasteiger partial charge in [-0.25, -0.2) is 9.37 Å². The van der Waals surface area contributed by atoms with E-state index in [0.717, 1.165) is 10.3 Å². The number of imidazole rings is 1. The van der Waals surface area contributed by atoms with Crippen molar-refractivity contribution in [3.63, 3.8) is 0 Å². The van der Waals surface area contributed by atoms with Crippen LogP contribution in [0.25, 0.3) is 0 Å². The molecule has 0 aliphatic carbocycles. The van der Waals surface area contributed by atoms with E-state index in [0.29, 0.717) is 23.5 Å². The lowest BCUT2D eigenvalue weighted by Gasteiger charge is -2.09. The van der Waals surface area contributed by atoms with Gasteiger partial charge in [0.1, 0.15) is 24.0 Å². The number of aryl methyl sites for hydroxylation is 1. The first-order chi connectivity index (χ1) is 12.5. The molecule has 0 fully saturated rings. The molecule has 1 N–H and O–H groups in total. The van der Waals surface area contributed by atoms with Crippen LogP contribution in [0.1, 0.15) is 21.7 Å². The summed E-state index contributed by atoms with van der Waals surface area (Å²) in [5.74, 6) is 0.817. The SMILES string of the molecule is Cn1ccnc1COc1ccc(C(=O)NCc2cc(Br)ccc2F)cc1. The smallest absolute Gasteiger partial charge is 0.251 e. The highest BCUT2D eigenvalue weighted by Crippen LogP contribution is 2.16. The first kappa shape index (κ1) is 18.1. The number of aromatic nitrogens is 2. The Balaban J connectivity index is 1.56. The van der Waals surface area contributed by atoms with E-state index in [1.807, 2.05) is 17.8 Å². The summed E-state index contributed by atoms with van der Waals surface area (Å²) < 4.78 is 22.0. The molecule has 134 valence electrons. The zero-order valence-corrected chi connectivity index (χ0v) is 15.7. The second-order valence-electron chi connectivity index (χ2n) is 5.69. The highest BCUT2D eigenvalue weighted by molar-refractivity contribution is 9.10. The number of carbonyl (C=O) groups is 1. The normalized spacial score (nSPS) is 10.6. The van der Waals surface area contributed by atoms with E-state index in [2.05, 4.69) is 26.2 Å². The molecular formula is C19H17BrFN3O2. The Morgan fingerprint density at radius 1 is 1.27 bits per heavy atom. The lowest BCUT2D eigenvalue weighted by atomic mass is 10.2. The molecule has 1 amide bonds. The van der Waals surface area contributed by atoms with E-state index in [9.17, 15) is 9.18 Å². The van der Waals surface area contributed by atoms with Gasteiger partial charge >= 0.3 is 0 Å². The molecule has 1 aromatic heterocycles. The van der Waals surface area contributed by atoms with Crippen LogP contribution in [0.4, 0.5) is 4.39 Å². The maximum absolute atomic E-state index is 13.7. The Bertz CT molecular complexity index is 909. The minimum absolute atomic E-state index is 0.113. The fourth-order valence-electron chi connectivity index (χ4n) is 2.34. The quantitative estimate of drug-likeness (QED) is 0.662. The van der Waals surface area contributed by atoms with Crippen LogP contribution >= 0.6 is 15.9 Å². The van der Waals surface area contributed by atoms with Crippen molar-refractivity contribution in [1.82, 2.24) is 14.9 Å². The van der Waals surface area contributed by atoms with Gasteiger partial charge in [-0.3, -0.25) is 4.79 Å². The van der Waals surface area contributed by atoms with Crippen molar-refractivity contribution in [3.05, 3.63) is 82.1 Å². The monoisotopic (exact) mass is 417 g/mol. The van der Waals surface area contributed by atoms with Crippen molar-refractivity contribution in [3.8, 4) is 5.75 Å². The predicted molar refractivity (Wildman–Crippen MR) is 99.3 cm³/mol. The standard InChI is InChI=1S/C19H17BrFN3O2/c1-24-9-8-22-18(24)12-26-16-5-2-13(3-6-16)19(25)23-11-14-10-15(20)4-7-17(14)21/h2-10H,11-12H2,1H3,(H,23,25). The number of amides is 1.